The zero-order valence-corrected chi connectivity index (χ0v) is 21.6. The van der Waals surface area contributed by atoms with Crippen LogP contribution in [-0.2, 0) is 9.59 Å². The van der Waals surface area contributed by atoms with Crippen molar-refractivity contribution < 1.29 is 24.2 Å². The lowest BCUT2D eigenvalue weighted by Gasteiger charge is -2.26. The number of carbonyl (C=O) groups is 2. The lowest BCUT2D eigenvalue weighted by Crippen LogP contribution is -2.29. The molecule has 6 nitrogen and oxygen atoms in total. The van der Waals surface area contributed by atoms with Crippen LogP contribution >= 0.6 is 11.6 Å². The van der Waals surface area contributed by atoms with Gasteiger partial charge in [0.15, 0.2) is 0 Å². The van der Waals surface area contributed by atoms with Crippen LogP contribution in [0, 0.1) is 13.8 Å². The number of ketones is 1. The second kappa shape index (κ2) is 10.1. The number of ether oxygens (including phenoxy) is 2. The summed E-state index contributed by atoms with van der Waals surface area (Å²) >= 11 is 6.35. The van der Waals surface area contributed by atoms with Gasteiger partial charge in [0, 0.05) is 11.3 Å². The Morgan fingerprint density at radius 3 is 2.33 bits per heavy atom. The summed E-state index contributed by atoms with van der Waals surface area (Å²) in [6.45, 7) is 7.66. The van der Waals surface area contributed by atoms with Gasteiger partial charge in [-0.1, -0.05) is 41.4 Å². The number of aliphatic hydroxyl groups is 1. The number of nitrogens with zero attached hydrogens (tertiary/aromatic N) is 1. The summed E-state index contributed by atoms with van der Waals surface area (Å²) in [4.78, 5) is 28.1. The highest BCUT2D eigenvalue weighted by molar-refractivity contribution is 6.51. The largest absolute Gasteiger partial charge is 0.507 e. The number of anilines is 1. The van der Waals surface area contributed by atoms with Gasteiger partial charge in [0.25, 0.3) is 11.7 Å². The molecule has 0 saturated carbocycles. The van der Waals surface area contributed by atoms with Crippen molar-refractivity contribution in [3.05, 3.63) is 93.5 Å². The zero-order chi connectivity index (χ0) is 26.1. The summed E-state index contributed by atoms with van der Waals surface area (Å²) in [6, 6.07) is 16.7. The fourth-order valence-corrected chi connectivity index (χ4v) is 4.65. The number of aryl methyl sites for hydroxylation is 2. The van der Waals surface area contributed by atoms with E-state index in [1.807, 2.05) is 52.0 Å². The lowest BCUT2D eigenvalue weighted by atomic mass is 9.94. The van der Waals surface area contributed by atoms with E-state index in [1.54, 1.807) is 36.4 Å². The molecule has 1 heterocycles. The number of halogens is 1. The summed E-state index contributed by atoms with van der Waals surface area (Å²) < 4.78 is 11.0. The van der Waals surface area contributed by atoms with Crippen LogP contribution in [-0.4, -0.2) is 30.0 Å². The third kappa shape index (κ3) is 4.69. The molecule has 3 aromatic rings. The quantitative estimate of drug-likeness (QED) is 0.239. The molecule has 7 heteroatoms. The second-order valence-corrected chi connectivity index (χ2v) is 9.46. The van der Waals surface area contributed by atoms with Gasteiger partial charge < -0.3 is 14.6 Å². The molecule has 0 aliphatic carbocycles. The number of amides is 1. The van der Waals surface area contributed by atoms with E-state index in [1.165, 1.54) is 12.0 Å². The first kappa shape index (κ1) is 25.3. The number of hydrogen-bond donors (Lipinski definition) is 1. The van der Waals surface area contributed by atoms with Crippen molar-refractivity contribution in [1.82, 2.24) is 0 Å². The summed E-state index contributed by atoms with van der Waals surface area (Å²) in [5.74, 6) is -0.638. The van der Waals surface area contributed by atoms with E-state index in [2.05, 4.69) is 0 Å². The SMILES string of the molecule is COc1ccc(N2C(=O)C(=O)/C(=C(/O)c3ccc(OC(C)C)c(C)c3)C2c2cccc(C)c2)cc1Cl. The Morgan fingerprint density at radius 2 is 1.72 bits per heavy atom. The first-order chi connectivity index (χ1) is 17.1. The van der Waals surface area contributed by atoms with Gasteiger partial charge in [-0.3, -0.25) is 14.5 Å². The first-order valence-corrected chi connectivity index (χ1v) is 12.0. The van der Waals surface area contributed by atoms with Crippen LogP contribution in [0.2, 0.25) is 5.02 Å². The molecule has 1 aliphatic heterocycles. The van der Waals surface area contributed by atoms with E-state index in [-0.39, 0.29) is 17.4 Å². The predicted octanol–water partition coefficient (Wildman–Crippen LogP) is 6.38. The summed E-state index contributed by atoms with van der Waals surface area (Å²) in [7, 11) is 1.50. The number of Topliss-reactive ketones (excluding diaryl/α,β-unsaturated/α-hetero) is 1. The molecular formula is C29H28ClNO5. The van der Waals surface area contributed by atoms with Crippen LogP contribution in [0.15, 0.2) is 66.2 Å². The molecule has 186 valence electrons. The number of carbonyl (C=O) groups excluding carboxylic acids is 2. The smallest absolute Gasteiger partial charge is 0.300 e. The number of benzene rings is 3. The van der Waals surface area contributed by atoms with E-state index in [0.29, 0.717) is 33.3 Å². The topological polar surface area (TPSA) is 76.1 Å². The first-order valence-electron chi connectivity index (χ1n) is 11.6. The van der Waals surface area contributed by atoms with Crippen molar-refractivity contribution in [3.63, 3.8) is 0 Å². The minimum absolute atomic E-state index is 0.00823. The predicted molar refractivity (Wildman–Crippen MR) is 141 cm³/mol. The van der Waals surface area contributed by atoms with E-state index >= 15 is 0 Å². The standard InChI is InChI=1S/C29H28ClNO5/c1-16(2)36-23-11-9-20(14-18(23)4)27(32)25-26(19-8-6-7-17(3)13-19)31(29(34)28(25)33)21-10-12-24(35-5)22(30)15-21/h6-16,26,32H,1-5H3/b27-25+. The van der Waals surface area contributed by atoms with Crippen molar-refractivity contribution in [1.29, 1.82) is 0 Å². The molecule has 0 aromatic heterocycles. The number of aliphatic hydroxyl groups excluding tert-OH is 1. The van der Waals surface area contributed by atoms with Gasteiger partial charge in [0.05, 0.1) is 29.9 Å². The van der Waals surface area contributed by atoms with E-state index in [0.717, 1.165) is 11.1 Å². The molecular weight excluding hydrogens is 478 g/mol. The third-order valence-corrected chi connectivity index (χ3v) is 6.32. The van der Waals surface area contributed by atoms with Crippen LogP contribution in [0.3, 0.4) is 0 Å². The molecule has 1 fully saturated rings. The van der Waals surface area contributed by atoms with Crippen LogP contribution < -0.4 is 14.4 Å². The summed E-state index contributed by atoms with van der Waals surface area (Å²) in [5.41, 5.74) is 3.30. The number of rotatable bonds is 6. The molecule has 0 spiro atoms. The Kier molecular flexibility index (Phi) is 7.09. The maximum Gasteiger partial charge on any atom is 0.300 e. The van der Waals surface area contributed by atoms with Crippen molar-refractivity contribution >= 4 is 34.7 Å². The molecule has 3 aromatic carbocycles. The second-order valence-electron chi connectivity index (χ2n) is 9.05. The van der Waals surface area contributed by atoms with Crippen LogP contribution in [0.4, 0.5) is 5.69 Å². The van der Waals surface area contributed by atoms with Gasteiger partial charge in [-0.15, -0.1) is 0 Å². The van der Waals surface area contributed by atoms with Gasteiger partial charge >= 0.3 is 0 Å². The maximum absolute atomic E-state index is 13.4. The molecule has 1 N–H and O–H groups in total. The molecule has 4 rings (SSSR count). The van der Waals surface area contributed by atoms with Gasteiger partial charge in [-0.25, -0.2) is 0 Å². The van der Waals surface area contributed by atoms with Gasteiger partial charge in [0.1, 0.15) is 17.3 Å². The van der Waals surface area contributed by atoms with Crippen LogP contribution in [0.1, 0.15) is 42.1 Å². The van der Waals surface area contributed by atoms with Crippen molar-refractivity contribution in [3.8, 4) is 11.5 Å². The Balaban J connectivity index is 1.90. The average molecular weight is 506 g/mol. The molecule has 1 amide bonds. The monoisotopic (exact) mass is 505 g/mol. The van der Waals surface area contributed by atoms with Gasteiger partial charge in [-0.05, 0) is 75.2 Å². The summed E-state index contributed by atoms with van der Waals surface area (Å²) in [5, 5.41) is 11.7. The molecule has 0 radical (unpaired) electrons. The Labute approximate surface area is 215 Å². The molecule has 1 unspecified atom stereocenters. The minimum atomic E-state index is -0.846. The minimum Gasteiger partial charge on any atom is -0.507 e. The van der Waals surface area contributed by atoms with E-state index in [9.17, 15) is 14.7 Å². The third-order valence-electron chi connectivity index (χ3n) is 6.03. The Hall–Kier alpha value is -3.77. The van der Waals surface area contributed by atoms with Crippen molar-refractivity contribution in [2.24, 2.45) is 0 Å². The average Bonchev–Trinajstić information content (AvgIpc) is 3.10. The summed E-state index contributed by atoms with van der Waals surface area (Å²) in [6.07, 6.45) is -0.00823. The highest BCUT2D eigenvalue weighted by Crippen LogP contribution is 2.44. The lowest BCUT2D eigenvalue weighted by molar-refractivity contribution is -0.132. The normalized spacial score (nSPS) is 17.1. The van der Waals surface area contributed by atoms with Gasteiger partial charge in [-0.2, -0.15) is 0 Å². The van der Waals surface area contributed by atoms with Crippen molar-refractivity contribution in [2.75, 3.05) is 12.0 Å². The Bertz CT molecular complexity index is 1380. The molecule has 1 atom stereocenters. The molecule has 1 saturated heterocycles. The molecule has 1 aliphatic rings. The van der Waals surface area contributed by atoms with Crippen molar-refractivity contribution in [2.45, 2.75) is 39.8 Å². The maximum atomic E-state index is 13.4. The zero-order valence-electron chi connectivity index (χ0n) is 20.8. The van der Waals surface area contributed by atoms with Crippen LogP contribution in [0.25, 0.3) is 5.76 Å². The Morgan fingerprint density at radius 1 is 1.00 bits per heavy atom. The van der Waals surface area contributed by atoms with Gasteiger partial charge in [0.2, 0.25) is 0 Å². The highest BCUT2D eigenvalue weighted by Gasteiger charge is 2.47. The molecule has 0 bridgehead atoms. The highest BCUT2D eigenvalue weighted by atomic mass is 35.5. The number of methoxy groups -OCH3 is 1. The number of hydrogen-bond acceptors (Lipinski definition) is 5. The molecule has 36 heavy (non-hydrogen) atoms. The fraction of sp³-hybridized carbons (Fsp3) is 0.241. The van der Waals surface area contributed by atoms with E-state index < -0.39 is 17.7 Å². The van der Waals surface area contributed by atoms with E-state index in [4.69, 9.17) is 21.1 Å². The fourth-order valence-electron chi connectivity index (χ4n) is 4.40. The van der Waals surface area contributed by atoms with Crippen LogP contribution in [0.5, 0.6) is 11.5 Å².